The van der Waals surface area contributed by atoms with Gasteiger partial charge in [0, 0.05) is 7.11 Å². The van der Waals surface area contributed by atoms with Crippen LogP contribution < -0.4 is 5.43 Å². The number of nitrogens with one attached hydrogen (secondary N) is 1. The van der Waals surface area contributed by atoms with Crippen LogP contribution in [0.15, 0.2) is 59.7 Å². The summed E-state index contributed by atoms with van der Waals surface area (Å²) < 4.78 is 5.06. The molecule has 0 radical (unpaired) electrons. The second-order valence-electron chi connectivity index (χ2n) is 3.91. The van der Waals surface area contributed by atoms with Crippen molar-refractivity contribution in [1.29, 1.82) is 0 Å². The molecule has 0 aliphatic heterocycles. The first-order valence-electron chi connectivity index (χ1n) is 5.80. The van der Waals surface area contributed by atoms with Crippen molar-refractivity contribution >= 4 is 11.9 Å². The van der Waals surface area contributed by atoms with Crippen LogP contribution in [-0.4, -0.2) is 13.3 Å². The summed E-state index contributed by atoms with van der Waals surface area (Å²) in [5.41, 5.74) is 6.17. The molecule has 0 atom stereocenters. The minimum atomic E-state index is 0.639. The summed E-state index contributed by atoms with van der Waals surface area (Å²) in [6.07, 6.45) is 1.80. The number of hydrogen-bond donors (Lipinski definition) is 1. The molecule has 3 heteroatoms. The Morgan fingerprint density at radius 3 is 2.44 bits per heavy atom. The molecule has 92 valence electrons. The first-order valence-corrected chi connectivity index (χ1v) is 5.80. The number of hydrazone groups is 1. The van der Waals surface area contributed by atoms with E-state index in [0.29, 0.717) is 6.61 Å². The van der Waals surface area contributed by atoms with Crippen LogP contribution in [0.5, 0.6) is 0 Å². The molecule has 0 amide bonds. The molecule has 2 aromatic carbocycles. The van der Waals surface area contributed by atoms with E-state index in [1.54, 1.807) is 13.3 Å². The minimum Gasteiger partial charge on any atom is -0.380 e. The number of methoxy groups -OCH3 is 1. The summed E-state index contributed by atoms with van der Waals surface area (Å²) in [4.78, 5) is 0. The summed E-state index contributed by atoms with van der Waals surface area (Å²) in [5.74, 6) is 0. The Hall–Kier alpha value is -2.13. The number of hydrogen-bond acceptors (Lipinski definition) is 3. The lowest BCUT2D eigenvalue weighted by Crippen LogP contribution is -1.91. The molecule has 0 saturated heterocycles. The molecule has 2 aromatic rings. The van der Waals surface area contributed by atoms with E-state index in [9.17, 15) is 0 Å². The van der Waals surface area contributed by atoms with Gasteiger partial charge in [-0.05, 0) is 23.3 Å². The third kappa shape index (κ3) is 3.71. The van der Waals surface area contributed by atoms with Gasteiger partial charge < -0.3 is 4.74 Å². The van der Waals surface area contributed by atoms with Gasteiger partial charge in [0.1, 0.15) is 0 Å². The van der Waals surface area contributed by atoms with Crippen LogP contribution >= 0.6 is 0 Å². The molecule has 0 unspecified atom stereocenters. The van der Waals surface area contributed by atoms with Gasteiger partial charge in [0.15, 0.2) is 0 Å². The van der Waals surface area contributed by atoms with Gasteiger partial charge in [-0.25, -0.2) is 0 Å². The second-order valence-corrected chi connectivity index (χ2v) is 3.91. The quantitative estimate of drug-likeness (QED) is 0.642. The van der Waals surface area contributed by atoms with E-state index in [1.165, 1.54) is 0 Å². The van der Waals surface area contributed by atoms with E-state index in [4.69, 9.17) is 4.74 Å². The fourth-order valence-electron chi connectivity index (χ4n) is 1.56. The van der Waals surface area contributed by atoms with Crippen molar-refractivity contribution in [3.63, 3.8) is 0 Å². The molecule has 1 N–H and O–H groups in total. The molecular formula is C15H16N2O. The van der Waals surface area contributed by atoms with Crippen molar-refractivity contribution in [3.8, 4) is 0 Å². The van der Waals surface area contributed by atoms with Crippen LogP contribution in [0.4, 0.5) is 5.69 Å². The zero-order chi connectivity index (χ0) is 12.6. The van der Waals surface area contributed by atoms with Crippen LogP contribution in [-0.2, 0) is 11.3 Å². The molecule has 0 saturated carbocycles. The molecule has 3 nitrogen and oxygen atoms in total. The Bertz CT molecular complexity index is 492. The summed E-state index contributed by atoms with van der Waals surface area (Å²) in [7, 11) is 1.69. The van der Waals surface area contributed by atoms with Crippen LogP contribution in [0.1, 0.15) is 11.1 Å². The SMILES string of the molecule is COCc1ccc(C=NNc2ccccc2)cc1. The highest BCUT2D eigenvalue weighted by molar-refractivity contribution is 5.80. The van der Waals surface area contributed by atoms with Gasteiger partial charge in [-0.3, -0.25) is 5.43 Å². The Labute approximate surface area is 107 Å². The second kappa shape index (κ2) is 6.57. The third-order valence-corrected chi connectivity index (χ3v) is 2.47. The minimum absolute atomic E-state index is 0.639. The van der Waals surface area contributed by atoms with Gasteiger partial charge in [-0.1, -0.05) is 42.5 Å². The average molecular weight is 240 g/mol. The van der Waals surface area contributed by atoms with Gasteiger partial charge in [0.05, 0.1) is 18.5 Å². The highest BCUT2D eigenvalue weighted by Crippen LogP contribution is 2.06. The average Bonchev–Trinajstić information content (AvgIpc) is 2.42. The van der Waals surface area contributed by atoms with Crippen molar-refractivity contribution in [2.45, 2.75) is 6.61 Å². The molecule has 0 aliphatic carbocycles. The lowest BCUT2D eigenvalue weighted by Gasteiger charge is -2.00. The topological polar surface area (TPSA) is 33.6 Å². The smallest absolute Gasteiger partial charge is 0.0713 e. The van der Waals surface area contributed by atoms with E-state index in [1.807, 2.05) is 54.6 Å². The molecule has 18 heavy (non-hydrogen) atoms. The molecule has 2 rings (SSSR count). The molecular weight excluding hydrogens is 224 g/mol. The van der Waals surface area contributed by atoms with Crippen molar-refractivity contribution in [2.24, 2.45) is 5.10 Å². The van der Waals surface area contributed by atoms with E-state index >= 15 is 0 Å². The summed E-state index contributed by atoms with van der Waals surface area (Å²) in [6.45, 7) is 0.639. The van der Waals surface area contributed by atoms with Crippen LogP contribution in [0.25, 0.3) is 0 Å². The van der Waals surface area contributed by atoms with Gasteiger partial charge in [-0.15, -0.1) is 0 Å². The van der Waals surface area contributed by atoms with Gasteiger partial charge in [0.2, 0.25) is 0 Å². The van der Waals surface area contributed by atoms with Gasteiger partial charge >= 0.3 is 0 Å². The largest absolute Gasteiger partial charge is 0.380 e. The Morgan fingerprint density at radius 2 is 1.78 bits per heavy atom. The number of anilines is 1. The highest BCUT2D eigenvalue weighted by Gasteiger charge is 1.91. The molecule has 0 bridgehead atoms. The van der Waals surface area contributed by atoms with Gasteiger partial charge in [-0.2, -0.15) is 5.10 Å². The third-order valence-electron chi connectivity index (χ3n) is 2.47. The Morgan fingerprint density at radius 1 is 1.06 bits per heavy atom. The standard InChI is InChI=1S/C15H16N2O/c1-18-12-14-9-7-13(8-10-14)11-16-17-15-5-3-2-4-6-15/h2-11,17H,12H2,1H3. The summed E-state index contributed by atoms with van der Waals surface area (Å²) >= 11 is 0. The molecule has 0 aromatic heterocycles. The predicted octanol–water partition coefficient (Wildman–Crippen LogP) is 3.28. The fraction of sp³-hybridized carbons (Fsp3) is 0.133. The number of nitrogens with zero attached hydrogens (tertiary/aromatic N) is 1. The number of para-hydroxylation sites is 1. The Kier molecular flexibility index (Phi) is 4.50. The maximum atomic E-state index is 5.06. The first kappa shape index (κ1) is 12.3. The van der Waals surface area contributed by atoms with Gasteiger partial charge in [0.25, 0.3) is 0 Å². The zero-order valence-electron chi connectivity index (χ0n) is 10.3. The van der Waals surface area contributed by atoms with Crippen LogP contribution in [0, 0.1) is 0 Å². The molecule has 0 aliphatic rings. The zero-order valence-corrected chi connectivity index (χ0v) is 10.3. The van der Waals surface area contributed by atoms with Crippen LogP contribution in [0.3, 0.4) is 0 Å². The maximum absolute atomic E-state index is 5.06. The van der Waals surface area contributed by atoms with Crippen molar-refractivity contribution in [1.82, 2.24) is 0 Å². The molecule has 0 fully saturated rings. The van der Waals surface area contributed by atoms with Crippen molar-refractivity contribution in [3.05, 3.63) is 65.7 Å². The summed E-state index contributed by atoms with van der Waals surface area (Å²) in [6, 6.07) is 18.0. The molecule has 0 spiro atoms. The predicted molar refractivity (Wildman–Crippen MR) is 74.8 cm³/mol. The van der Waals surface area contributed by atoms with Crippen molar-refractivity contribution in [2.75, 3.05) is 12.5 Å². The maximum Gasteiger partial charge on any atom is 0.0713 e. The monoisotopic (exact) mass is 240 g/mol. The van der Waals surface area contributed by atoms with E-state index in [2.05, 4.69) is 10.5 Å². The van der Waals surface area contributed by atoms with Crippen LogP contribution in [0.2, 0.25) is 0 Å². The van der Waals surface area contributed by atoms with E-state index in [-0.39, 0.29) is 0 Å². The number of benzene rings is 2. The fourth-order valence-corrected chi connectivity index (χ4v) is 1.56. The lowest BCUT2D eigenvalue weighted by atomic mass is 10.1. The Balaban J connectivity index is 1.93. The van der Waals surface area contributed by atoms with E-state index < -0.39 is 0 Å². The number of ether oxygens (including phenoxy) is 1. The highest BCUT2D eigenvalue weighted by atomic mass is 16.5. The van der Waals surface area contributed by atoms with Crippen molar-refractivity contribution < 1.29 is 4.74 Å². The normalized spacial score (nSPS) is 10.7. The van der Waals surface area contributed by atoms with E-state index in [0.717, 1.165) is 16.8 Å². The lowest BCUT2D eigenvalue weighted by molar-refractivity contribution is 0.185. The summed E-state index contributed by atoms with van der Waals surface area (Å²) in [5, 5.41) is 4.18. The molecule has 0 heterocycles. The first-order chi connectivity index (χ1) is 8.88. The number of rotatable bonds is 5.